The van der Waals surface area contributed by atoms with E-state index < -0.39 is 17.0 Å². The van der Waals surface area contributed by atoms with E-state index in [1.54, 1.807) is 49.0 Å². The van der Waals surface area contributed by atoms with Crippen molar-refractivity contribution >= 4 is 22.6 Å². The minimum Gasteiger partial charge on any atom is -0.422 e. The van der Waals surface area contributed by atoms with Gasteiger partial charge >= 0.3 is 5.63 Å². The Hall–Kier alpha value is -4.72. The van der Waals surface area contributed by atoms with Gasteiger partial charge in [-0.1, -0.05) is 36.4 Å². The van der Waals surface area contributed by atoms with Crippen molar-refractivity contribution in [1.82, 2.24) is 14.3 Å². The molecule has 0 aliphatic heterocycles. The van der Waals surface area contributed by atoms with Crippen molar-refractivity contribution in [2.45, 2.75) is 6.92 Å². The Balaban J connectivity index is 1.58. The summed E-state index contributed by atoms with van der Waals surface area (Å²) in [5, 5.41) is 0.735. The first-order valence-electron chi connectivity index (χ1n) is 10.6. The highest BCUT2D eigenvalue weighted by atomic mass is 16.4. The van der Waals surface area contributed by atoms with E-state index in [1.807, 2.05) is 30.3 Å². The number of aromatic nitrogens is 3. The summed E-state index contributed by atoms with van der Waals surface area (Å²) in [6, 6.07) is 20.9. The first kappa shape index (κ1) is 21.1. The molecule has 0 saturated heterocycles. The number of nitrogens with zero attached hydrogens (tertiary/aromatic N) is 3. The molecule has 3 heterocycles. The van der Waals surface area contributed by atoms with E-state index in [9.17, 15) is 14.4 Å². The SMILES string of the molecule is Cc1c(C(=O)c2ccc(-c3cc4ccccc4oc3=O)nc2N)c(=O)n(-c2ccccc2)n1C. The van der Waals surface area contributed by atoms with E-state index in [4.69, 9.17) is 10.2 Å². The molecule has 2 N–H and O–H groups in total. The predicted molar refractivity (Wildman–Crippen MR) is 129 cm³/mol. The summed E-state index contributed by atoms with van der Waals surface area (Å²) in [5.74, 6) is -0.612. The largest absolute Gasteiger partial charge is 0.422 e. The van der Waals surface area contributed by atoms with Crippen LogP contribution < -0.4 is 16.9 Å². The third kappa shape index (κ3) is 3.32. The number of rotatable bonds is 4. The maximum atomic E-state index is 13.4. The smallest absolute Gasteiger partial charge is 0.345 e. The van der Waals surface area contributed by atoms with Gasteiger partial charge in [-0.25, -0.2) is 14.5 Å². The van der Waals surface area contributed by atoms with Crippen molar-refractivity contribution in [2.75, 3.05) is 5.73 Å². The normalized spacial score (nSPS) is 11.1. The number of nitrogen functional groups attached to an aromatic ring is 1. The molecule has 0 spiro atoms. The van der Waals surface area contributed by atoms with Gasteiger partial charge in [0, 0.05) is 18.1 Å². The Kier molecular flexibility index (Phi) is 4.98. The van der Waals surface area contributed by atoms with Crippen molar-refractivity contribution in [3.8, 4) is 16.9 Å². The van der Waals surface area contributed by atoms with Crippen LogP contribution in [0.3, 0.4) is 0 Å². The van der Waals surface area contributed by atoms with Gasteiger partial charge in [-0.2, -0.15) is 0 Å². The summed E-state index contributed by atoms with van der Waals surface area (Å²) >= 11 is 0. The molecule has 5 rings (SSSR count). The van der Waals surface area contributed by atoms with Crippen LogP contribution in [-0.2, 0) is 7.05 Å². The zero-order valence-electron chi connectivity index (χ0n) is 18.5. The molecule has 0 saturated carbocycles. The number of carbonyl (C=O) groups is 1. The number of benzene rings is 2. The van der Waals surface area contributed by atoms with E-state index in [0.717, 1.165) is 5.39 Å². The number of nitrogens with two attached hydrogens (primary N) is 1. The van der Waals surface area contributed by atoms with Crippen LogP contribution in [0, 0.1) is 6.92 Å². The van der Waals surface area contributed by atoms with Gasteiger partial charge in [0.2, 0.25) is 5.78 Å². The fourth-order valence-corrected chi connectivity index (χ4v) is 4.02. The molecule has 5 aromatic rings. The topological polar surface area (TPSA) is 113 Å². The molecule has 0 unspecified atom stereocenters. The van der Waals surface area contributed by atoms with Crippen molar-refractivity contribution in [2.24, 2.45) is 7.05 Å². The summed E-state index contributed by atoms with van der Waals surface area (Å²) in [7, 11) is 1.71. The summed E-state index contributed by atoms with van der Waals surface area (Å²) < 4.78 is 8.43. The number of carbonyl (C=O) groups excluding carboxylic acids is 1. The molecule has 0 atom stereocenters. The second-order valence-electron chi connectivity index (χ2n) is 7.88. The van der Waals surface area contributed by atoms with Crippen LogP contribution in [0.15, 0.2) is 86.8 Å². The van der Waals surface area contributed by atoms with Gasteiger partial charge in [-0.3, -0.25) is 14.3 Å². The highest BCUT2D eigenvalue weighted by Gasteiger charge is 2.25. The maximum Gasteiger partial charge on any atom is 0.345 e. The Morgan fingerprint density at radius 2 is 1.68 bits per heavy atom. The Morgan fingerprint density at radius 3 is 2.41 bits per heavy atom. The van der Waals surface area contributed by atoms with Gasteiger partial charge in [0.15, 0.2) is 0 Å². The van der Waals surface area contributed by atoms with Crippen LogP contribution in [0.1, 0.15) is 21.6 Å². The van der Waals surface area contributed by atoms with E-state index in [1.165, 1.54) is 16.8 Å². The lowest BCUT2D eigenvalue weighted by atomic mass is 10.0. The quantitative estimate of drug-likeness (QED) is 0.330. The first-order chi connectivity index (χ1) is 16.4. The molecule has 8 heteroatoms. The first-order valence-corrected chi connectivity index (χ1v) is 10.6. The summed E-state index contributed by atoms with van der Waals surface area (Å²) in [4.78, 5) is 43.3. The van der Waals surface area contributed by atoms with Crippen LogP contribution in [-0.4, -0.2) is 20.1 Å². The molecule has 0 fully saturated rings. The van der Waals surface area contributed by atoms with E-state index >= 15 is 0 Å². The van der Waals surface area contributed by atoms with E-state index in [2.05, 4.69) is 4.98 Å². The number of hydrogen-bond acceptors (Lipinski definition) is 6. The van der Waals surface area contributed by atoms with Gasteiger partial charge in [0.1, 0.15) is 17.0 Å². The molecule has 0 radical (unpaired) electrons. The zero-order valence-corrected chi connectivity index (χ0v) is 18.5. The number of fused-ring (bicyclic) bond motifs is 1. The van der Waals surface area contributed by atoms with Gasteiger partial charge in [-0.15, -0.1) is 0 Å². The second-order valence-corrected chi connectivity index (χ2v) is 7.88. The van der Waals surface area contributed by atoms with Gasteiger partial charge in [0.25, 0.3) is 5.56 Å². The number of ketones is 1. The third-order valence-electron chi connectivity index (χ3n) is 5.87. The molecule has 168 valence electrons. The summed E-state index contributed by atoms with van der Waals surface area (Å²) in [6.07, 6.45) is 0. The highest BCUT2D eigenvalue weighted by Crippen LogP contribution is 2.23. The molecule has 3 aromatic heterocycles. The highest BCUT2D eigenvalue weighted by molar-refractivity contribution is 6.12. The van der Waals surface area contributed by atoms with Crippen LogP contribution >= 0.6 is 0 Å². The molecule has 34 heavy (non-hydrogen) atoms. The predicted octanol–water partition coefficient (Wildman–Crippen LogP) is 3.47. The summed E-state index contributed by atoms with van der Waals surface area (Å²) in [6.45, 7) is 1.70. The lowest BCUT2D eigenvalue weighted by Gasteiger charge is -2.07. The Bertz CT molecular complexity index is 1690. The van der Waals surface area contributed by atoms with Crippen molar-refractivity contribution < 1.29 is 9.21 Å². The van der Waals surface area contributed by atoms with Crippen LogP contribution in [0.5, 0.6) is 0 Å². The monoisotopic (exact) mass is 452 g/mol. The fraction of sp³-hybridized carbons (Fsp3) is 0.0769. The number of pyridine rings is 1. The molecule has 2 aromatic carbocycles. The van der Waals surface area contributed by atoms with Gasteiger partial charge in [-0.05, 0) is 43.3 Å². The van der Waals surface area contributed by atoms with E-state index in [-0.39, 0.29) is 28.2 Å². The molecular weight excluding hydrogens is 432 g/mol. The van der Waals surface area contributed by atoms with Crippen LogP contribution in [0.25, 0.3) is 27.9 Å². The third-order valence-corrected chi connectivity index (χ3v) is 5.87. The Morgan fingerprint density at radius 1 is 0.971 bits per heavy atom. The van der Waals surface area contributed by atoms with E-state index in [0.29, 0.717) is 17.0 Å². The second kappa shape index (κ2) is 8.00. The van der Waals surface area contributed by atoms with Crippen molar-refractivity contribution in [1.29, 1.82) is 0 Å². The standard InChI is InChI=1S/C26H20N4O4/c1-15-22(25(32)30(29(15)2)17-9-4-3-5-10-17)23(31)18-12-13-20(28-24(18)27)19-14-16-8-6-7-11-21(16)34-26(19)33/h3-14H,1-2H3,(H2,27,28). The molecule has 0 bridgehead atoms. The van der Waals surface area contributed by atoms with Gasteiger partial charge < -0.3 is 10.2 Å². The van der Waals surface area contributed by atoms with Gasteiger partial charge in [0.05, 0.1) is 22.5 Å². The lowest BCUT2D eigenvalue weighted by Crippen LogP contribution is -2.23. The number of para-hydroxylation sites is 2. The maximum absolute atomic E-state index is 13.4. The average Bonchev–Trinajstić information content (AvgIpc) is 3.06. The zero-order chi connectivity index (χ0) is 24.0. The van der Waals surface area contributed by atoms with Crippen molar-refractivity contribution in [3.63, 3.8) is 0 Å². The van der Waals surface area contributed by atoms with Crippen molar-refractivity contribution in [3.05, 3.63) is 110 Å². The minimum absolute atomic E-state index is 0.0119. The lowest BCUT2D eigenvalue weighted by molar-refractivity contribution is 0.103. The minimum atomic E-state index is -0.561. The molecule has 0 amide bonds. The van der Waals surface area contributed by atoms with Crippen LogP contribution in [0.4, 0.5) is 5.82 Å². The fourth-order valence-electron chi connectivity index (χ4n) is 4.02. The summed E-state index contributed by atoms with van der Waals surface area (Å²) in [5.41, 5.74) is 7.33. The number of anilines is 1. The Labute approximate surface area is 193 Å². The molecular formula is C26H20N4O4. The average molecular weight is 452 g/mol. The molecule has 0 aliphatic rings. The number of hydrogen-bond donors (Lipinski definition) is 1. The van der Waals surface area contributed by atoms with Crippen LogP contribution in [0.2, 0.25) is 0 Å². The molecule has 8 nitrogen and oxygen atoms in total. The molecule has 0 aliphatic carbocycles.